The van der Waals surface area contributed by atoms with Gasteiger partial charge in [-0.1, -0.05) is 0 Å². The number of hydrogen-bond donors (Lipinski definition) is 0. The van der Waals surface area contributed by atoms with Crippen LogP contribution in [0.3, 0.4) is 0 Å². The molecule has 0 fully saturated rings. The van der Waals surface area contributed by atoms with Crippen LogP contribution in [0, 0.1) is 0 Å². The standard InChI is InChI=1S/C5H7IO3/c6-9-5(8)3-1-2-4-7/h4H,1-3H2. The van der Waals surface area contributed by atoms with E-state index in [9.17, 15) is 9.59 Å². The Bertz CT molecular complexity index is 102. The normalized spacial score (nSPS) is 8.56. The molecule has 0 spiro atoms. The van der Waals surface area contributed by atoms with Crippen LogP contribution in [0.4, 0.5) is 0 Å². The molecule has 9 heavy (non-hydrogen) atoms. The third-order valence-corrected chi connectivity index (χ3v) is 1.28. The number of rotatable bonds is 4. The fraction of sp³-hybridized carbons (Fsp3) is 0.600. The van der Waals surface area contributed by atoms with Crippen molar-refractivity contribution in [2.75, 3.05) is 0 Å². The quantitative estimate of drug-likeness (QED) is 0.423. The Morgan fingerprint density at radius 3 is 2.78 bits per heavy atom. The third-order valence-electron chi connectivity index (χ3n) is 0.789. The van der Waals surface area contributed by atoms with Crippen molar-refractivity contribution in [3.8, 4) is 0 Å². The number of aldehydes is 1. The van der Waals surface area contributed by atoms with E-state index in [-0.39, 0.29) is 5.97 Å². The van der Waals surface area contributed by atoms with Gasteiger partial charge in [0, 0.05) is 12.8 Å². The van der Waals surface area contributed by atoms with Gasteiger partial charge in [-0.3, -0.25) is 4.79 Å². The van der Waals surface area contributed by atoms with E-state index >= 15 is 0 Å². The van der Waals surface area contributed by atoms with Crippen LogP contribution in [0.15, 0.2) is 0 Å². The van der Waals surface area contributed by atoms with Crippen LogP contribution in [0.1, 0.15) is 19.3 Å². The van der Waals surface area contributed by atoms with Crippen LogP contribution >= 0.6 is 23.0 Å². The first-order valence-electron chi connectivity index (χ1n) is 2.56. The second-order valence-corrected chi connectivity index (χ2v) is 1.95. The summed E-state index contributed by atoms with van der Waals surface area (Å²) in [7, 11) is 0. The van der Waals surface area contributed by atoms with Crippen LogP contribution in [0.5, 0.6) is 0 Å². The maximum absolute atomic E-state index is 10.3. The Balaban J connectivity index is 3.06. The highest BCUT2D eigenvalue weighted by Crippen LogP contribution is 1.97. The summed E-state index contributed by atoms with van der Waals surface area (Å²) in [6.07, 6.45) is 2.15. The first kappa shape index (κ1) is 8.87. The van der Waals surface area contributed by atoms with Gasteiger partial charge in [0.15, 0.2) is 23.0 Å². The van der Waals surface area contributed by atoms with Gasteiger partial charge in [-0.15, -0.1) is 0 Å². The molecule has 0 aliphatic heterocycles. The highest BCUT2D eigenvalue weighted by Gasteiger charge is 1.98. The molecule has 4 heteroatoms. The fourth-order valence-electron chi connectivity index (χ4n) is 0.368. The van der Waals surface area contributed by atoms with Crippen molar-refractivity contribution in [2.45, 2.75) is 19.3 Å². The monoisotopic (exact) mass is 242 g/mol. The van der Waals surface area contributed by atoms with Gasteiger partial charge >= 0.3 is 5.97 Å². The fourth-order valence-corrected chi connectivity index (χ4v) is 0.589. The second kappa shape index (κ2) is 6.00. The van der Waals surface area contributed by atoms with E-state index in [0.29, 0.717) is 19.3 Å². The van der Waals surface area contributed by atoms with E-state index in [2.05, 4.69) is 3.07 Å². The predicted molar refractivity (Wildman–Crippen MR) is 40.0 cm³/mol. The molecule has 0 aromatic heterocycles. The van der Waals surface area contributed by atoms with Gasteiger partial charge in [0.05, 0.1) is 0 Å². The van der Waals surface area contributed by atoms with Crippen LogP contribution in [-0.4, -0.2) is 12.3 Å². The average Bonchev–Trinajstić information content (AvgIpc) is 1.89. The van der Waals surface area contributed by atoms with Gasteiger partial charge in [-0.25, -0.2) is 0 Å². The van der Waals surface area contributed by atoms with Crippen LogP contribution < -0.4 is 0 Å². The Kier molecular flexibility index (Phi) is 5.91. The summed E-state index contributed by atoms with van der Waals surface area (Å²) < 4.78 is 4.31. The minimum atomic E-state index is -0.266. The Morgan fingerprint density at radius 1 is 1.67 bits per heavy atom. The summed E-state index contributed by atoms with van der Waals surface area (Å²) in [5.41, 5.74) is 0. The summed E-state index contributed by atoms with van der Waals surface area (Å²) in [6.45, 7) is 0. The SMILES string of the molecule is O=CCCCC(=O)OI. The van der Waals surface area contributed by atoms with Crippen LogP contribution in [0.2, 0.25) is 0 Å². The van der Waals surface area contributed by atoms with Crippen molar-refractivity contribution in [3.05, 3.63) is 0 Å². The molecule has 0 rings (SSSR count). The summed E-state index contributed by atoms with van der Waals surface area (Å²) in [5, 5.41) is 0. The lowest BCUT2D eigenvalue weighted by Gasteiger charge is -1.90. The van der Waals surface area contributed by atoms with Gasteiger partial charge < -0.3 is 7.86 Å². The Labute approximate surface area is 67.4 Å². The lowest BCUT2D eigenvalue weighted by atomic mass is 10.2. The van der Waals surface area contributed by atoms with Gasteiger partial charge in [-0.05, 0) is 6.42 Å². The smallest absolute Gasteiger partial charge is 0.315 e. The lowest BCUT2D eigenvalue weighted by molar-refractivity contribution is -0.131. The number of unbranched alkanes of at least 4 members (excludes halogenated alkanes) is 1. The predicted octanol–water partition coefficient (Wildman–Crippen LogP) is 1.25. The summed E-state index contributed by atoms with van der Waals surface area (Å²) in [6, 6.07) is 0. The molecule has 0 saturated heterocycles. The van der Waals surface area contributed by atoms with E-state index < -0.39 is 0 Å². The van der Waals surface area contributed by atoms with Crippen molar-refractivity contribution in [2.24, 2.45) is 0 Å². The largest absolute Gasteiger partial charge is 0.394 e. The molecule has 3 nitrogen and oxygen atoms in total. The zero-order valence-corrected chi connectivity index (χ0v) is 6.96. The molecule has 0 atom stereocenters. The van der Waals surface area contributed by atoms with Gasteiger partial charge in [0.25, 0.3) is 0 Å². The molecule has 0 unspecified atom stereocenters. The molecule has 0 N–H and O–H groups in total. The van der Waals surface area contributed by atoms with Crippen LogP contribution in [0.25, 0.3) is 0 Å². The highest BCUT2D eigenvalue weighted by molar-refractivity contribution is 14.1. The first-order valence-corrected chi connectivity index (χ1v) is 3.44. The van der Waals surface area contributed by atoms with Crippen molar-refractivity contribution in [3.63, 3.8) is 0 Å². The molecule has 0 aliphatic carbocycles. The highest BCUT2D eigenvalue weighted by atomic mass is 127. The minimum Gasteiger partial charge on any atom is -0.394 e. The lowest BCUT2D eigenvalue weighted by Crippen LogP contribution is -1.95. The van der Waals surface area contributed by atoms with E-state index in [0.717, 1.165) is 6.29 Å². The Hall–Kier alpha value is -0.130. The molecule has 0 amide bonds. The molecule has 0 aromatic rings. The average molecular weight is 242 g/mol. The number of carbonyl (C=O) groups is 2. The van der Waals surface area contributed by atoms with Crippen molar-refractivity contribution in [1.82, 2.24) is 0 Å². The van der Waals surface area contributed by atoms with Crippen molar-refractivity contribution < 1.29 is 12.7 Å². The molecule has 0 saturated carbocycles. The van der Waals surface area contributed by atoms with E-state index in [1.807, 2.05) is 0 Å². The van der Waals surface area contributed by atoms with E-state index in [1.54, 1.807) is 0 Å². The van der Waals surface area contributed by atoms with Crippen molar-refractivity contribution >= 4 is 35.3 Å². The summed E-state index contributed by atoms with van der Waals surface area (Å²) in [4.78, 5) is 20.1. The maximum Gasteiger partial charge on any atom is 0.315 e. The zero-order valence-electron chi connectivity index (χ0n) is 4.80. The number of hydrogen-bond acceptors (Lipinski definition) is 3. The molecular formula is C5H7IO3. The first-order chi connectivity index (χ1) is 4.31. The molecule has 52 valence electrons. The van der Waals surface area contributed by atoms with Gasteiger partial charge in [-0.2, -0.15) is 0 Å². The van der Waals surface area contributed by atoms with E-state index in [1.165, 1.54) is 23.0 Å². The van der Waals surface area contributed by atoms with Crippen molar-refractivity contribution in [1.29, 1.82) is 0 Å². The summed E-state index contributed by atoms with van der Waals surface area (Å²) >= 11 is 1.53. The molecule has 0 heterocycles. The minimum absolute atomic E-state index is 0.266. The second-order valence-electron chi connectivity index (χ2n) is 1.51. The molecule has 0 radical (unpaired) electrons. The third kappa shape index (κ3) is 5.75. The number of halogens is 1. The molecule has 0 bridgehead atoms. The van der Waals surface area contributed by atoms with Gasteiger partial charge in [0.2, 0.25) is 0 Å². The summed E-state index contributed by atoms with van der Waals surface area (Å²) in [5.74, 6) is -0.266. The molecule has 0 aromatic carbocycles. The number of carbonyl (C=O) groups excluding carboxylic acids is 2. The van der Waals surface area contributed by atoms with Crippen LogP contribution in [-0.2, 0) is 12.7 Å². The van der Waals surface area contributed by atoms with E-state index in [4.69, 9.17) is 0 Å². The maximum atomic E-state index is 10.3. The zero-order chi connectivity index (χ0) is 7.11. The molecular weight excluding hydrogens is 235 g/mol. The molecule has 0 aliphatic rings. The van der Waals surface area contributed by atoms with Gasteiger partial charge in [0.1, 0.15) is 6.29 Å². The Morgan fingerprint density at radius 2 is 2.33 bits per heavy atom. The topological polar surface area (TPSA) is 43.4 Å².